The van der Waals surface area contributed by atoms with Gasteiger partial charge in [0.25, 0.3) is 17.7 Å². The molecule has 0 radical (unpaired) electrons. The molecule has 0 saturated heterocycles. The predicted octanol–water partition coefficient (Wildman–Crippen LogP) is 4.21. The Morgan fingerprint density at radius 2 is 1.20 bits per heavy atom. The van der Waals surface area contributed by atoms with Gasteiger partial charge in [-0.2, -0.15) is 0 Å². The standard InChI is InChI=1S/C40H47N5O10/c1-4-7-8-9-10-11-32(48)42-30(5-2)36(50)43-31(6-3)37(51)45-34(35(49)25-16-22-29(47)23-17-25)39(53)44-33(24-14-20-28(46)21-15-24)38(52)41-27-18-12-26(13-19-27)40(54)55/h5-6,12-23,33-35,46-47,49H,4,7-11H2,1-3H3,(H,41,52)(H,42,48)(H,43,50)(H,44,53)(H,45,51)(H,54,55)/b30-5+,31-6+/t33-,34+,35+/m0/s1. The van der Waals surface area contributed by atoms with Crippen molar-refractivity contribution < 1.29 is 49.2 Å². The van der Waals surface area contributed by atoms with Crippen LogP contribution in [0.3, 0.4) is 0 Å². The van der Waals surface area contributed by atoms with Gasteiger partial charge in [-0.25, -0.2) is 4.79 Å². The zero-order valence-electron chi connectivity index (χ0n) is 30.8. The molecule has 55 heavy (non-hydrogen) atoms. The normalized spacial score (nSPS) is 13.1. The van der Waals surface area contributed by atoms with Crippen LogP contribution in [0.25, 0.3) is 0 Å². The van der Waals surface area contributed by atoms with E-state index >= 15 is 0 Å². The van der Waals surface area contributed by atoms with E-state index in [4.69, 9.17) is 0 Å². The molecule has 3 aromatic carbocycles. The number of phenolic OH excluding ortho intramolecular Hbond substituents is 2. The summed E-state index contributed by atoms with van der Waals surface area (Å²) in [4.78, 5) is 78.3. The van der Waals surface area contributed by atoms with Crippen LogP contribution in [0, 0.1) is 0 Å². The highest BCUT2D eigenvalue weighted by Crippen LogP contribution is 2.24. The maximum Gasteiger partial charge on any atom is 0.335 e. The molecule has 0 aliphatic carbocycles. The Labute approximate surface area is 318 Å². The molecular formula is C40H47N5O10. The molecule has 0 aliphatic heterocycles. The molecule has 0 aromatic heterocycles. The molecule has 0 spiro atoms. The van der Waals surface area contributed by atoms with Crippen molar-refractivity contribution in [1.29, 1.82) is 0 Å². The molecule has 3 rings (SSSR count). The topological polar surface area (TPSA) is 243 Å². The summed E-state index contributed by atoms with van der Waals surface area (Å²) in [5.74, 6) is -5.48. The SMILES string of the molecule is C/C=C(/NC(=O)CCCCCCC)C(=O)N/C(=C/C)C(=O)N[C@@H](C(=O)N[C@H](C(=O)Nc1ccc(C(=O)O)cc1)c1ccc(O)cc1)[C@H](O)c1ccc(O)cc1. The summed E-state index contributed by atoms with van der Waals surface area (Å²) in [6.45, 7) is 5.06. The molecule has 15 heteroatoms. The second-order valence-corrected chi connectivity index (χ2v) is 12.5. The van der Waals surface area contributed by atoms with Crippen LogP contribution in [0.2, 0.25) is 0 Å². The average molecular weight is 758 g/mol. The van der Waals surface area contributed by atoms with Crippen LogP contribution in [0.4, 0.5) is 5.69 Å². The number of unbranched alkanes of at least 4 members (excludes halogenated alkanes) is 4. The number of aromatic carboxylic acids is 1. The highest BCUT2D eigenvalue weighted by Gasteiger charge is 2.34. The minimum atomic E-state index is -1.81. The molecule has 0 heterocycles. The monoisotopic (exact) mass is 757 g/mol. The first-order valence-corrected chi connectivity index (χ1v) is 17.7. The number of aliphatic hydroxyl groups excluding tert-OH is 1. The summed E-state index contributed by atoms with van der Waals surface area (Å²) >= 11 is 0. The van der Waals surface area contributed by atoms with E-state index in [0.29, 0.717) is 6.42 Å². The van der Waals surface area contributed by atoms with Gasteiger partial charge >= 0.3 is 5.97 Å². The minimum Gasteiger partial charge on any atom is -0.508 e. The van der Waals surface area contributed by atoms with Gasteiger partial charge in [0.05, 0.1) is 5.56 Å². The van der Waals surface area contributed by atoms with E-state index < -0.39 is 47.8 Å². The number of aromatic hydroxyl groups is 2. The van der Waals surface area contributed by atoms with Gasteiger partial charge in [0, 0.05) is 12.1 Å². The zero-order valence-corrected chi connectivity index (χ0v) is 30.8. The van der Waals surface area contributed by atoms with E-state index in [1.165, 1.54) is 98.8 Å². The number of carbonyl (C=O) groups excluding carboxylic acids is 5. The lowest BCUT2D eigenvalue weighted by Gasteiger charge is -2.27. The molecule has 0 fully saturated rings. The molecule has 15 nitrogen and oxygen atoms in total. The lowest BCUT2D eigenvalue weighted by Crippen LogP contribution is -2.53. The molecule has 3 aromatic rings. The lowest BCUT2D eigenvalue weighted by molar-refractivity contribution is -0.133. The number of benzene rings is 3. The molecule has 3 atom stereocenters. The van der Waals surface area contributed by atoms with Crippen molar-refractivity contribution in [3.05, 3.63) is 113 Å². The number of carbonyl (C=O) groups is 6. The Balaban J connectivity index is 1.86. The lowest BCUT2D eigenvalue weighted by atomic mass is 9.99. The Morgan fingerprint density at radius 3 is 1.75 bits per heavy atom. The Hall–Kier alpha value is -6.48. The second kappa shape index (κ2) is 21.3. The predicted molar refractivity (Wildman–Crippen MR) is 203 cm³/mol. The van der Waals surface area contributed by atoms with Crippen molar-refractivity contribution in [3.8, 4) is 11.5 Å². The smallest absolute Gasteiger partial charge is 0.335 e. The van der Waals surface area contributed by atoms with E-state index in [2.05, 4.69) is 33.5 Å². The highest BCUT2D eigenvalue weighted by atomic mass is 16.4. The number of hydrogen-bond donors (Lipinski definition) is 9. The van der Waals surface area contributed by atoms with Crippen LogP contribution < -0.4 is 26.6 Å². The van der Waals surface area contributed by atoms with E-state index in [-0.39, 0.29) is 57.6 Å². The molecule has 0 bridgehead atoms. The fourth-order valence-electron chi connectivity index (χ4n) is 5.29. The number of amides is 5. The summed E-state index contributed by atoms with van der Waals surface area (Å²) in [5, 5.41) is 52.8. The van der Waals surface area contributed by atoms with Gasteiger partial charge in [0.15, 0.2) is 0 Å². The van der Waals surface area contributed by atoms with E-state index in [0.717, 1.165) is 25.7 Å². The Morgan fingerprint density at radius 1 is 0.655 bits per heavy atom. The van der Waals surface area contributed by atoms with Crippen LogP contribution in [0.15, 0.2) is 96.3 Å². The summed E-state index contributed by atoms with van der Waals surface area (Å²) in [7, 11) is 0. The number of carboxylic acid groups (broad SMARTS) is 1. The first kappa shape index (κ1) is 42.9. The third-order valence-electron chi connectivity index (χ3n) is 8.39. The first-order chi connectivity index (χ1) is 26.3. The van der Waals surface area contributed by atoms with Crippen LogP contribution >= 0.6 is 0 Å². The summed E-state index contributed by atoms with van der Waals surface area (Å²) in [6.07, 6.45) is 5.71. The van der Waals surface area contributed by atoms with Crippen molar-refractivity contribution in [2.75, 3.05) is 5.32 Å². The summed E-state index contributed by atoms with van der Waals surface area (Å²) < 4.78 is 0. The van der Waals surface area contributed by atoms with Crippen LogP contribution in [0.1, 0.15) is 92.9 Å². The van der Waals surface area contributed by atoms with Crippen molar-refractivity contribution >= 4 is 41.2 Å². The third-order valence-corrected chi connectivity index (χ3v) is 8.39. The Bertz CT molecular complexity index is 1870. The van der Waals surface area contributed by atoms with Gasteiger partial charge in [-0.1, -0.05) is 69.0 Å². The molecule has 9 N–H and O–H groups in total. The molecule has 0 saturated carbocycles. The fourth-order valence-corrected chi connectivity index (χ4v) is 5.29. The number of phenols is 2. The maximum absolute atomic E-state index is 14.0. The van der Waals surface area contributed by atoms with Crippen LogP contribution in [-0.2, 0) is 24.0 Å². The molecule has 292 valence electrons. The van der Waals surface area contributed by atoms with E-state index in [1.54, 1.807) is 0 Å². The summed E-state index contributed by atoms with van der Waals surface area (Å²) in [6, 6.07) is 12.4. The van der Waals surface area contributed by atoms with Crippen molar-refractivity contribution in [2.45, 2.75) is 77.5 Å². The summed E-state index contributed by atoms with van der Waals surface area (Å²) in [5.41, 5.74) is 0.0234. The number of nitrogens with one attached hydrogen (secondary N) is 5. The number of hydrogen-bond acceptors (Lipinski definition) is 9. The van der Waals surface area contributed by atoms with Crippen molar-refractivity contribution in [3.63, 3.8) is 0 Å². The zero-order chi connectivity index (χ0) is 40.5. The maximum atomic E-state index is 14.0. The number of aliphatic hydroxyl groups is 1. The third kappa shape index (κ3) is 13.2. The quantitative estimate of drug-likeness (QED) is 0.0623. The Kier molecular flexibility index (Phi) is 16.6. The minimum absolute atomic E-state index is 0.0280. The first-order valence-electron chi connectivity index (χ1n) is 17.7. The van der Waals surface area contributed by atoms with Crippen LogP contribution in [0.5, 0.6) is 11.5 Å². The van der Waals surface area contributed by atoms with E-state index in [1.807, 2.05) is 0 Å². The number of carboxylic acids is 1. The largest absolute Gasteiger partial charge is 0.508 e. The number of allylic oxidation sites excluding steroid dienone is 2. The highest BCUT2D eigenvalue weighted by molar-refractivity contribution is 6.05. The van der Waals surface area contributed by atoms with Crippen molar-refractivity contribution in [2.24, 2.45) is 0 Å². The van der Waals surface area contributed by atoms with Crippen molar-refractivity contribution in [1.82, 2.24) is 21.3 Å². The molecule has 0 aliphatic rings. The van der Waals surface area contributed by atoms with Gasteiger partial charge in [0.1, 0.15) is 41.1 Å². The number of rotatable bonds is 19. The van der Waals surface area contributed by atoms with Gasteiger partial charge in [-0.3, -0.25) is 24.0 Å². The van der Waals surface area contributed by atoms with E-state index in [9.17, 15) is 49.2 Å². The second-order valence-electron chi connectivity index (χ2n) is 12.5. The number of anilines is 1. The van der Waals surface area contributed by atoms with Gasteiger partial charge in [0.2, 0.25) is 11.8 Å². The molecular weight excluding hydrogens is 710 g/mol. The van der Waals surface area contributed by atoms with Gasteiger partial charge in [-0.15, -0.1) is 0 Å². The van der Waals surface area contributed by atoms with Gasteiger partial charge in [-0.05, 0) is 79.9 Å². The van der Waals surface area contributed by atoms with Crippen LogP contribution in [-0.4, -0.2) is 62.0 Å². The van der Waals surface area contributed by atoms with Gasteiger partial charge < -0.3 is 47.0 Å². The molecule has 0 unspecified atom stereocenters. The molecule has 5 amide bonds. The average Bonchev–Trinajstić information content (AvgIpc) is 3.17. The fraction of sp³-hybridized carbons (Fsp3) is 0.300.